The Balaban J connectivity index is 1.81. The maximum Gasteiger partial charge on any atom is 0.203 e. The van der Waals surface area contributed by atoms with Crippen molar-refractivity contribution >= 4 is 5.95 Å². The average molecular weight is 261 g/mol. The van der Waals surface area contributed by atoms with E-state index in [1.165, 1.54) is 25.7 Å². The monoisotopic (exact) mass is 261 g/mol. The van der Waals surface area contributed by atoms with Crippen molar-refractivity contribution < 1.29 is 0 Å². The van der Waals surface area contributed by atoms with Gasteiger partial charge in [-0.1, -0.05) is 6.42 Å². The summed E-state index contributed by atoms with van der Waals surface area (Å²) < 4.78 is 2.39. The standard InChI is InChI=1S/C16H27N3/c1-10(2)17-16-18-11(3)9-19(16)12(4)15-8-13-5-6-14(15)7-13/h9-10,12-15H,5-8H2,1-4H3,(H,17,18). The van der Waals surface area contributed by atoms with Gasteiger partial charge in [0.15, 0.2) is 0 Å². The molecule has 0 spiro atoms. The van der Waals surface area contributed by atoms with E-state index in [0.29, 0.717) is 12.1 Å². The number of nitrogens with zero attached hydrogens (tertiary/aromatic N) is 2. The molecule has 4 unspecified atom stereocenters. The van der Waals surface area contributed by atoms with E-state index in [0.717, 1.165) is 29.4 Å². The zero-order valence-corrected chi connectivity index (χ0v) is 12.7. The number of hydrogen-bond acceptors (Lipinski definition) is 2. The van der Waals surface area contributed by atoms with Crippen LogP contribution in [-0.2, 0) is 0 Å². The van der Waals surface area contributed by atoms with Crippen LogP contribution in [-0.4, -0.2) is 15.6 Å². The number of aryl methyl sites for hydroxylation is 1. The van der Waals surface area contributed by atoms with Crippen LogP contribution in [0.15, 0.2) is 6.20 Å². The first kappa shape index (κ1) is 13.0. The Kier molecular flexibility index (Phi) is 3.32. The molecule has 0 saturated heterocycles. The van der Waals surface area contributed by atoms with Gasteiger partial charge >= 0.3 is 0 Å². The van der Waals surface area contributed by atoms with E-state index in [9.17, 15) is 0 Å². The first-order chi connectivity index (χ1) is 9.04. The Bertz CT molecular complexity index is 449. The first-order valence-electron chi connectivity index (χ1n) is 7.86. The highest BCUT2D eigenvalue weighted by molar-refractivity contribution is 5.30. The lowest BCUT2D eigenvalue weighted by Gasteiger charge is -2.30. The second-order valence-electron chi connectivity index (χ2n) is 6.99. The van der Waals surface area contributed by atoms with E-state index in [-0.39, 0.29) is 0 Å². The molecule has 1 aromatic rings. The summed E-state index contributed by atoms with van der Waals surface area (Å²) in [6.07, 6.45) is 8.08. The summed E-state index contributed by atoms with van der Waals surface area (Å²) in [7, 11) is 0. The maximum atomic E-state index is 4.66. The van der Waals surface area contributed by atoms with Crippen LogP contribution in [0.25, 0.3) is 0 Å². The van der Waals surface area contributed by atoms with Gasteiger partial charge in [0.1, 0.15) is 0 Å². The second kappa shape index (κ2) is 4.84. The third-order valence-corrected chi connectivity index (χ3v) is 5.12. The molecule has 106 valence electrons. The van der Waals surface area contributed by atoms with Crippen molar-refractivity contribution in [3.8, 4) is 0 Å². The van der Waals surface area contributed by atoms with Crippen molar-refractivity contribution in [2.75, 3.05) is 5.32 Å². The smallest absolute Gasteiger partial charge is 0.203 e. The fraction of sp³-hybridized carbons (Fsp3) is 0.812. The van der Waals surface area contributed by atoms with Crippen molar-refractivity contribution in [3.63, 3.8) is 0 Å². The fourth-order valence-electron chi connectivity index (χ4n) is 4.28. The largest absolute Gasteiger partial charge is 0.353 e. The molecule has 2 fully saturated rings. The lowest BCUT2D eigenvalue weighted by atomic mass is 9.84. The van der Waals surface area contributed by atoms with Gasteiger partial charge in [0.05, 0.1) is 5.69 Å². The van der Waals surface area contributed by atoms with Crippen LogP contribution in [0.5, 0.6) is 0 Å². The number of aromatic nitrogens is 2. The van der Waals surface area contributed by atoms with Gasteiger partial charge in [-0.2, -0.15) is 0 Å². The van der Waals surface area contributed by atoms with Gasteiger partial charge in [0, 0.05) is 18.3 Å². The summed E-state index contributed by atoms with van der Waals surface area (Å²) in [6, 6.07) is 1.02. The third-order valence-electron chi connectivity index (χ3n) is 5.12. The van der Waals surface area contributed by atoms with Gasteiger partial charge < -0.3 is 9.88 Å². The Labute approximate surface area is 116 Å². The van der Waals surface area contributed by atoms with Gasteiger partial charge in [0.2, 0.25) is 5.95 Å². The Morgan fingerprint density at radius 2 is 2.05 bits per heavy atom. The molecule has 0 aromatic carbocycles. The van der Waals surface area contributed by atoms with Crippen LogP contribution in [0.2, 0.25) is 0 Å². The Morgan fingerprint density at radius 3 is 2.63 bits per heavy atom. The zero-order chi connectivity index (χ0) is 13.6. The van der Waals surface area contributed by atoms with Crippen LogP contribution >= 0.6 is 0 Å². The van der Waals surface area contributed by atoms with Crippen molar-refractivity contribution in [1.82, 2.24) is 9.55 Å². The molecule has 1 aromatic heterocycles. The van der Waals surface area contributed by atoms with Gasteiger partial charge in [-0.05, 0) is 64.7 Å². The van der Waals surface area contributed by atoms with Gasteiger partial charge in [-0.25, -0.2) is 4.98 Å². The van der Waals surface area contributed by atoms with Crippen molar-refractivity contribution in [2.24, 2.45) is 17.8 Å². The minimum atomic E-state index is 0.438. The van der Waals surface area contributed by atoms with Gasteiger partial charge in [0.25, 0.3) is 0 Å². The van der Waals surface area contributed by atoms with Crippen molar-refractivity contribution in [3.05, 3.63) is 11.9 Å². The molecule has 4 atom stereocenters. The SMILES string of the molecule is Cc1cn(C(C)C2CC3CCC2C3)c(NC(C)C)n1. The summed E-state index contributed by atoms with van der Waals surface area (Å²) in [6.45, 7) is 8.83. The molecule has 1 heterocycles. The summed E-state index contributed by atoms with van der Waals surface area (Å²) in [5, 5.41) is 3.49. The quantitative estimate of drug-likeness (QED) is 0.887. The summed E-state index contributed by atoms with van der Waals surface area (Å²) in [5.41, 5.74) is 1.12. The molecule has 0 radical (unpaired) electrons. The Hall–Kier alpha value is -0.990. The lowest BCUT2D eigenvalue weighted by Crippen LogP contribution is -2.24. The molecule has 19 heavy (non-hydrogen) atoms. The minimum absolute atomic E-state index is 0.438. The van der Waals surface area contributed by atoms with Crippen LogP contribution < -0.4 is 5.32 Å². The molecular formula is C16H27N3. The molecule has 2 aliphatic carbocycles. The molecule has 3 heteroatoms. The number of anilines is 1. The molecular weight excluding hydrogens is 234 g/mol. The summed E-state index contributed by atoms with van der Waals surface area (Å²) in [5.74, 6) is 3.90. The molecule has 2 bridgehead atoms. The molecule has 0 amide bonds. The normalized spacial score (nSPS) is 31.1. The van der Waals surface area contributed by atoms with Crippen LogP contribution in [0.3, 0.4) is 0 Å². The van der Waals surface area contributed by atoms with E-state index < -0.39 is 0 Å². The highest BCUT2D eigenvalue weighted by Crippen LogP contribution is 2.52. The fourth-order valence-corrected chi connectivity index (χ4v) is 4.28. The number of rotatable bonds is 4. The molecule has 2 aliphatic rings. The van der Waals surface area contributed by atoms with Gasteiger partial charge in [-0.15, -0.1) is 0 Å². The third kappa shape index (κ3) is 2.39. The number of imidazole rings is 1. The van der Waals surface area contributed by atoms with Crippen LogP contribution in [0.4, 0.5) is 5.95 Å². The molecule has 1 N–H and O–H groups in total. The average Bonchev–Trinajstić information content (AvgIpc) is 3.02. The summed E-state index contributed by atoms with van der Waals surface area (Å²) in [4.78, 5) is 4.66. The van der Waals surface area contributed by atoms with E-state index in [4.69, 9.17) is 0 Å². The lowest BCUT2D eigenvalue weighted by molar-refractivity contribution is 0.244. The van der Waals surface area contributed by atoms with Crippen LogP contribution in [0, 0.1) is 24.7 Å². The van der Waals surface area contributed by atoms with E-state index in [2.05, 4.69) is 48.8 Å². The van der Waals surface area contributed by atoms with Crippen molar-refractivity contribution in [2.45, 2.75) is 65.5 Å². The predicted molar refractivity (Wildman–Crippen MR) is 79.4 cm³/mol. The second-order valence-corrected chi connectivity index (χ2v) is 6.99. The van der Waals surface area contributed by atoms with E-state index in [1.807, 2.05) is 0 Å². The maximum absolute atomic E-state index is 4.66. The molecule has 3 nitrogen and oxygen atoms in total. The van der Waals surface area contributed by atoms with Crippen molar-refractivity contribution in [1.29, 1.82) is 0 Å². The Morgan fingerprint density at radius 1 is 1.26 bits per heavy atom. The van der Waals surface area contributed by atoms with E-state index in [1.54, 1.807) is 0 Å². The number of nitrogens with one attached hydrogen (secondary N) is 1. The summed E-state index contributed by atoms with van der Waals surface area (Å²) >= 11 is 0. The predicted octanol–water partition coefficient (Wildman–Crippen LogP) is 4.01. The molecule has 2 saturated carbocycles. The first-order valence-corrected chi connectivity index (χ1v) is 7.86. The topological polar surface area (TPSA) is 29.9 Å². The number of fused-ring (bicyclic) bond motifs is 2. The zero-order valence-electron chi connectivity index (χ0n) is 12.7. The molecule has 0 aliphatic heterocycles. The van der Waals surface area contributed by atoms with Gasteiger partial charge in [-0.3, -0.25) is 0 Å². The minimum Gasteiger partial charge on any atom is -0.353 e. The number of hydrogen-bond donors (Lipinski definition) is 1. The highest BCUT2D eigenvalue weighted by atomic mass is 15.2. The highest BCUT2D eigenvalue weighted by Gasteiger charge is 2.42. The van der Waals surface area contributed by atoms with E-state index >= 15 is 0 Å². The van der Waals surface area contributed by atoms with Crippen LogP contribution in [0.1, 0.15) is 58.2 Å². The molecule has 3 rings (SSSR count).